The summed E-state index contributed by atoms with van der Waals surface area (Å²) in [7, 11) is 0. The van der Waals surface area contributed by atoms with E-state index >= 15 is 0 Å². The molecule has 4 heterocycles. The van der Waals surface area contributed by atoms with Crippen molar-refractivity contribution in [3.05, 3.63) is 35.8 Å². The van der Waals surface area contributed by atoms with Crippen LogP contribution in [0.5, 0.6) is 0 Å². The van der Waals surface area contributed by atoms with Crippen molar-refractivity contribution < 1.29 is 14.0 Å². The van der Waals surface area contributed by atoms with Gasteiger partial charge in [-0.05, 0) is 19.1 Å². The largest absolute Gasteiger partial charge is 0.467 e. The van der Waals surface area contributed by atoms with Crippen LogP contribution in [0, 0.1) is 12.8 Å². The van der Waals surface area contributed by atoms with Crippen LogP contribution in [-0.4, -0.2) is 49.5 Å². The molecule has 0 saturated carbocycles. The lowest BCUT2D eigenvalue weighted by atomic mass is 10.1. The zero-order valence-electron chi connectivity index (χ0n) is 13.5. The molecule has 0 spiro atoms. The van der Waals surface area contributed by atoms with Gasteiger partial charge in [0, 0.05) is 26.1 Å². The highest BCUT2D eigenvalue weighted by Crippen LogP contribution is 2.24. The van der Waals surface area contributed by atoms with Crippen molar-refractivity contribution in [1.82, 2.24) is 24.6 Å². The Balaban J connectivity index is 1.41. The number of fused-ring (bicyclic) bond motifs is 1. The van der Waals surface area contributed by atoms with E-state index in [4.69, 9.17) is 4.42 Å². The van der Waals surface area contributed by atoms with Crippen molar-refractivity contribution in [3.8, 4) is 0 Å². The highest BCUT2D eigenvalue weighted by molar-refractivity contribution is 5.89. The number of hydrogen-bond donors (Lipinski definition) is 0. The first-order chi connectivity index (χ1) is 11.6. The van der Waals surface area contributed by atoms with Crippen LogP contribution >= 0.6 is 0 Å². The number of furan rings is 1. The molecular formula is C16H19N5O3. The summed E-state index contributed by atoms with van der Waals surface area (Å²) in [5.74, 6) is 2.15. The van der Waals surface area contributed by atoms with Gasteiger partial charge in [0.2, 0.25) is 11.8 Å². The van der Waals surface area contributed by atoms with E-state index in [9.17, 15) is 9.59 Å². The third-order valence-corrected chi connectivity index (χ3v) is 4.74. The monoisotopic (exact) mass is 329 g/mol. The van der Waals surface area contributed by atoms with E-state index in [2.05, 4.69) is 10.2 Å². The maximum atomic E-state index is 12.8. The van der Waals surface area contributed by atoms with Crippen LogP contribution in [0.15, 0.2) is 22.8 Å². The molecule has 2 aliphatic rings. The summed E-state index contributed by atoms with van der Waals surface area (Å²) in [5, 5.41) is 8.18. The molecule has 8 heteroatoms. The molecule has 24 heavy (non-hydrogen) atoms. The van der Waals surface area contributed by atoms with Crippen molar-refractivity contribution in [3.63, 3.8) is 0 Å². The van der Waals surface area contributed by atoms with Gasteiger partial charge < -0.3 is 18.8 Å². The number of likely N-dealkylation sites (tertiary alicyclic amines) is 1. The molecule has 2 amide bonds. The molecule has 4 rings (SSSR count). The molecule has 0 radical (unpaired) electrons. The molecule has 0 unspecified atom stereocenters. The second-order valence-electron chi connectivity index (χ2n) is 6.33. The van der Waals surface area contributed by atoms with Crippen LogP contribution in [-0.2, 0) is 29.2 Å². The number of nitrogens with zero attached hydrogens (tertiary/aromatic N) is 5. The van der Waals surface area contributed by atoms with Crippen LogP contribution in [0.4, 0.5) is 0 Å². The minimum absolute atomic E-state index is 0.000714. The lowest BCUT2D eigenvalue weighted by Gasteiger charge is -2.29. The molecule has 0 bridgehead atoms. The van der Waals surface area contributed by atoms with Gasteiger partial charge in [-0.25, -0.2) is 0 Å². The van der Waals surface area contributed by atoms with Crippen molar-refractivity contribution in [2.45, 2.75) is 33.0 Å². The Morgan fingerprint density at radius 3 is 3.04 bits per heavy atom. The Hall–Kier alpha value is -2.64. The van der Waals surface area contributed by atoms with Gasteiger partial charge in [-0.1, -0.05) is 0 Å². The summed E-state index contributed by atoms with van der Waals surface area (Å²) in [4.78, 5) is 28.4. The predicted molar refractivity (Wildman–Crippen MR) is 82.4 cm³/mol. The first-order valence-corrected chi connectivity index (χ1v) is 8.09. The van der Waals surface area contributed by atoms with Gasteiger partial charge in [-0.2, -0.15) is 0 Å². The summed E-state index contributed by atoms with van der Waals surface area (Å²) < 4.78 is 7.32. The normalized spacial score (nSPS) is 20.5. The van der Waals surface area contributed by atoms with E-state index in [1.807, 2.05) is 17.6 Å². The SMILES string of the molecule is Cc1nnc2n1CCN(C(=O)[C@H]1CC(=O)N(Cc3ccco3)C1)C2. The van der Waals surface area contributed by atoms with Crippen LogP contribution in [0.25, 0.3) is 0 Å². The number of hydrogen-bond acceptors (Lipinski definition) is 5. The summed E-state index contributed by atoms with van der Waals surface area (Å²) in [5.41, 5.74) is 0. The minimum Gasteiger partial charge on any atom is -0.467 e. The third-order valence-electron chi connectivity index (χ3n) is 4.74. The average Bonchev–Trinajstić information content (AvgIpc) is 3.30. The number of rotatable bonds is 3. The van der Waals surface area contributed by atoms with Crippen molar-refractivity contribution in [2.24, 2.45) is 5.92 Å². The second-order valence-corrected chi connectivity index (χ2v) is 6.33. The smallest absolute Gasteiger partial charge is 0.228 e. The zero-order chi connectivity index (χ0) is 16.7. The topological polar surface area (TPSA) is 84.5 Å². The summed E-state index contributed by atoms with van der Waals surface area (Å²) in [6.07, 6.45) is 1.85. The van der Waals surface area contributed by atoms with E-state index in [0.717, 1.165) is 17.4 Å². The molecule has 2 aromatic heterocycles. The van der Waals surface area contributed by atoms with Crippen molar-refractivity contribution in [2.75, 3.05) is 13.1 Å². The Morgan fingerprint density at radius 2 is 2.25 bits per heavy atom. The van der Waals surface area contributed by atoms with E-state index < -0.39 is 0 Å². The molecule has 1 saturated heterocycles. The Labute approximate surface area is 139 Å². The molecule has 0 aromatic carbocycles. The van der Waals surface area contributed by atoms with Crippen molar-refractivity contribution >= 4 is 11.8 Å². The van der Waals surface area contributed by atoms with E-state index in [1.54, 1.807) is 22.1 Å². The molecular weight excluding hydrogens is 310 g/mol. The van der Waals surface area contributed by atoms with Crippen LogP contribution < -0.4 is 0 Å². The zero-order valence-corrected chi connectivity index (χ0v) is 13.5. The van der Waals surface area contributed by atoms with Gasteiger partial charge in [-0.3, -0.25) is 9.59 Å². The fourth-order valence-corrected chi connectivity index (χ4v) is 3.43. The van der Waals surface area contributed by atoms with Gasteiger partial charge in [0.1, 0.15) is 11.6 Å². The molecule has 8 nitrogen and oxygen atoms in total. The third kappa shape index (κ3) is 2.57. The Morgan fingerprint density at radius 1 is 1.38 bits per heavy atom. The molecule has 1 fully saturated rings. The first kappa shape index (κ1) is 14.9. The standard InChI is InChI=1S/C16H19N5O3/c1-11-17-18-14-10-19(4-5-21(11)14)16(23)12-7-15(22)20(8-12)9-13-3-2-6-24-13/h2-3,6,12H,4-5,7-10H2,1H3/t12-/m0/s1. The summed E-state index contributed by atoms with van der Waals surface area (Å²) in [6.45, 7) is 4.58. The van der Waals surface area contributed by atoms with Crippen LogP contribution in [0.2, 0.25) is 0 Å². The number of carbonyl (C=O) groups is 2. The fraction of sp³-hybridized carbons (Fsp3) is 0.500. The van der Waals surface area contributed by atoms with Crippen LogP contribution in [0.1, 0.15) is 23.8 Å². The number of amides is 2. The average molecular weight is 329 g/mol. The van der Waals surface area contributed by atoms with Gasteiger partial charge in [-0.15, -0.1) is 10.2 Å². The van der Waals surface area contributed by atoms with E-state index in [-0.39, 0.29) is 24.2 Å². The van der Waals surface area contributed by atoms with Crippen LogP contribution in [0.3, 0.4) is 0 Å². The van der Waals surface area contributed by atoms with E-state index in [1.165, 1.54) is 0 Å². The number of aryl methyl sites for hydroxylation is 1. The van der Waals surface area contributed by atoms with Gasteiger partial charge in [0.15, 0.2) is 5.82 Å². The Bertz CT molecular complexity index is 767. The lowest BCUT2D eigenvalue weighted by Crippen LogP contribution is -2.42. The van der Waals surface area contributed by atoms with Gasteiger partial charge >= 0.3 is 0 Å². The predicted octanol–water partition coefficient (Wildman–Crippen LogP) is 0.570. The highest BCUT2D eigenvalue weighted by atomic mass is 16.3. The first-order valence-electron chi connectivity index (χ1n) is 8.09. The molecule has 126 valence electrons. The summed E-state index contributed by atoms with van der Waals surface area (Å²) in [6, 6.07) is 3.63. The lowest BCUT2D eigenvalue weighted by molar-refractivity contribution is -0.137. The maximum Gasteiger partial charge on any atom is 0.228 e. The molecule has 0 N–H and O–H groups in total. The minimum atomic E-state index is -0.289. The van der Waals surface area contributed by atoms with Gasteiger partial charge in [0.05, 0.1) is 25.3 Å². The number of carbonyl (C=O) groups excluding carboxylic acids is 2. The number of aromatic nitrogens is 3. The molecule has 2 aliphatic heterocycles. The molecule has 1 atom stereocenters. The van der Waals surface area contributed by atoms with E-state index in [0.29, 0.717) is 32.7 Å². The molecule has 2 aromatic rings. The quantitative estimate of drug-likeness (QED) is 0.822. The highest BCUT2D eigenvalue weighted by Gasteiger charge is 2.37. The molecule has 0 aliphatic carbocycles. The maximum absolute atomic E-state index is 12.8. The van der Waals surface area contributed by atoms with Gasteiger partial charge in [0.25, 0.3) is 0 Å². The van der Waals surface area contributed by atoms with Crippen molar-refractivity contribution in [1.29, 1.82) is 0 Å². The summed E-state index contributed by atoms with van der Waals surface area (Å²) >= 11 is 0. The Kier molecular flexibility index (Phi) is 3.59. The second kappa shape index (κ2) is 5.77. The fourth-order valence-electron chi connectivity index (χ4n) is 3.43.